The van der Waals surface area contributed by atoms with Gasteiger partial charge in [0.1, 0.15) is 22.8 Å². The monoisotopic (exact) mass is 463 g/mol. The number of pyridine rings is 1. The normalized spacial score (nSPS) is 23.6. The molecule has 0 bridgehead atoms. The van der Waals surface area contributed by atoms with Crippen LogP contribution >= 0.6 is 0 Å². The molecular formula is C26H27F2N5O. The van der Waals surface area contributed by atoms with Gasteiger partial charge in [-0.25, -0.2) is 18.7 Å². The molecule has 3 aromatic rings. The molecule has 0 amide bonds. The van der Waals surface area contributed by atoms with E-state index in [-0.39, 0.29) is 23.7 Å². The molecule has 2 N–H and O–H groups in total. The lowest BCUT2D eigenvalue weighted by atomic mass is 9.86. The second-order valence-electron chi connectivity index (χ2n) is 9.18. The fourth-order valence-corrected chi connectivity index (χ4v) is 4.46. The standard InChI is InChI=1S/C26H27F2N5O/c1-14-12-31-26-23(32-14)10-22(33-25(26)20-6-3-18(27)9-21(20)28)16-7-15(2)34-24(8-16)17(11-29)13-30-19-4-5-19/h3,6,9-13,15-16,19,24H,4-5,7-8,29H2,1-2H3/b17-11+,30-13?. The molecule has 5 rings (SSSR count). The zero-order valence-corrected chi connectivity index (χ0v) is 19.2. The van der Waals surface area contributed by atoms with Crippen molar-refractivity contribution in [2.45, 2.75) is 63.7 Å². The molecule has 2 fully saturated rings. The van der Waals surface area contributed by atoms with Crippen LogP contribution in [-0.4, -0.2) is 39.4 Å². The first-order valence-electron chi connectivity index (χ1n) is 11.6. The number of fused-ring (bicyclic) bond motifs is 1. The number of hydrogen-bond donors (Lipinski definition) is 1. The topological polar surface area (TPSA) is 86.3 Å². The van der Waals surface area contributed by atoms with E-state index >= 15 is 0 Å². The predicted molar refractivity (Wildman–Crippen MR) is 128 cm³/mol. The minimum Gasteiger partial charge on any atom is -0.404 e. The van der Waals surface area contributed by atoms with E-state index < -0.39 is 11.6 Å². The predicted octanol–water partition coefficient (Wildman–Crippen LogP) is 5.01. The molecule has 1 aliphatic carbocycles. The Kier molecular flexibility index (Phi) is 6.08. The van der Waals surface area contributed by atoms with Crippen molar-refractivity contribution >= 4 is 17.2 Å². The molecule has 1 saturated heterocycles. The highest BCUT2D eigenvalue weighted by molar-refractivity contribution is 5.89. The quantitative estimate of drug-likeness (QED) is 0.538. The highest BCUT2D eigenvalue weighted by atomic mass is 19.1. The second kappa shape index (κ2) is 9.18. The fourth-order valence-electron chi connectivity index (χ4n) is 4.46. The number of halogens is 2. The summed E-state index contributed by atoms with van der Waals surface area (Å²) in [6, 6.07) is 5.80. The van der Waals surface area contributed by atoms with Crippen molar-refractivity contribution in [3.63, 3.8) is 0 Å². The largest absolute Gasteiger partial charge is 0.404 e. The molecule has 8 heteroatoms. The lowest BCUT2D eigenvalue weighted by Gasteiger charge is -2.34. The van der Waals surface area contributed by atoms with Gasteiger partial charge in [-0.2, -0.15) is 0 Å². The van der Waals surface area contributed by atoms with Crippen LogP contribution in [0, 0.1) is 18.6 Å². The van der Waals surface area contributed by atoms with E-state index in [0.29, 0.717) is 29.2 Å². The minimum atomic E-state index is -0.684. The van der Waals surface area contributed by atoms with Gasteiger partial charge in [0.15, 0.2) is 0 Å². The Morgan fingerprint density at radius 3 is 2.74 bits per heavy atom. The summed E-state index contributed by atoms with van der Waals surface area (Å²) in [7, 11) is 0. The Bertz CT molecular complexity index is 1290. The van der Waals surface area contributed by atoms with E-state index in [4.69, 9.17) is 15.5 Å². The van der Waals surface area contributed by atoms with Crippen LogP contribution in [0.4, 0.5) is 8.78 Å². The lowest BCUT2D eigenvalue weighted by Crippen LogP contribution is -2.32. The summed E-state index contributed by atoms with van der Waals surface area (Å²) in [5, 5.41) is 0. The van der Waals surface area contributed by atoms with Gasteiger partial charge in [0, 0.05) is 47.4 Å². The number of ether oxygens (including phenoxy) is 1. The fraction of sp³-hybridized carbons (Fsp3) is 0.385. The molecule has 6 nitrogen and oxygen atoms in total. The number of rotatable bonds is 5. The first-order chi connectivity index (χ1) is 16.4. The van der Waals surface area contributed by atoms with Gasteiger partial charge in [-0.1, -0.05) is 0 Å². The highest BCUT2D eigenvalue weighted by Gasteiger charge is 2.32. The van der Waals surface area contributed by atoms with Gasteiger partial charge in [-0.05, 0) is 57.7 Å². The number of hydrogen-bond acceptors (Lipinski definition) is 6. The van der Waals surface area contributed by atoms with Crippen molar-refractivity contribution in [3.05, 3.63) is 65.3 Å². The minimum absolute atomic E-state index is 0.0277. The lowest BCUT2D eigenvalue weighted by molar-refractivity contribution is -0.0266. The number of benzene rings is 1. The third-order valence-electron chi connectivity index (χ3n) is 6.33. The Balaban J connectivity index is 1.56. The zero-order chi connectivity index (χ0) is 23.8. The van der Waals surface area contributed by atoms with Crippen molar-refractivity contribution in [1.82, 2.24) is 15.0 Å². The van der Waals surface area contributed by atoms with Crippen LogP contribution < -0.4 is 5.73 Å². The third kappa shape index (κ3) is 4.68. The van der Waals surface area contributed by atoms with Gasteiger partial charge < -0.3 is 10.5 Å². The van der Waals surface area contributed by atoms with E-state index in [9.17, 15) is 8.78 Å². The molecule has 1 aromatic carbocycles. The van der Waals surface area contributed by atoms with Gasteiger partial charge in [-0.3, -0.25) is 9.98 Å². The molecule has 2 aliphatic rings. The summed E-state index contributed by atoms with van der Waals surface area (Å²) in [5.74, 6) is -1.29. The molecule has 3 atom stereocenters. The average Bonchev–Trinajstić information content (AvgIpc) is 3.63. The van der Waals surface area contributed by atoms with Gasteiger partial charge in [0.05, 0.1) is 29.5 Å². The molecule has 1 aliphatic heterocycles. The molecule has 2 aromatic heterocycles. The van der Waals surface area contributed by atoms with Crippen LogP contribution in [0.5, 0.6) is 0 Å². The Morgan fingerprint density at radius 1 is 1.18 bits per heavy atom. The number of aryl methyl sites for hydroxylation is 1. The van der Waals surface area contributed by atoms with Crippen molar-refractivity contribution in [2.24, 2.45) is 10.7 Å². The molecule has 1 saturated carbocycles. The molecule has 0 radical (unpaired) electrons. The Hall–Kier alpha value is -3.26. The summed E-state index contributed by atoms with van der Waals surface area (Å²) in [5.41, 5.74) is 9.97. The third-order valence-corrected chi connectivity index (χ3v) is 6.33. The summed E-state index contributed by atoms with van der Waals surface area (Å²) in [4.78, 5) is 18.5. The molecule has 0 spiro atoms. The second-order valence-corrected chi connectivity index (χ2v) is 9.18. The number of nitrogens with two attached hydrogens (primary N) is 1. The highest BCUT2D eigenvalue weighted by Crippen LogP contribution is 2.37. The summed E-state index contributed by atoms with van der Waals surface area (Å²) in [6.45, 7) is 3.88. The zero-order valence-electron chi connectivity index (χ0n) is 19.2. The smallest absolute Gasteiger partial charge is 0.135 e. The molecule has 176 valence electrons. The van der Waals surface area contributed by atoms with E-state index in [1.807, 2.05) is 26.1 Å². The molecule has 3 heterocycles. The van der Waals surface area contributed by atoms with E-state index in [1.54, 1.807) is 12.4 Å². The molecule has 34 heavy (non-hydrogen) atoms. The van der Waals surface area contributed by atoms with Gasteiger partial charge in [0.25, 0.3) is 0 Å². The van der Waals surface area contributed by atoms with Crippen LogP contribution in [0.1, 0.15) is 49.9 Å². The van der Waals surface area contributed by atoms with Crippen molar-refractivity contribution in [3.8, 4) is 11.3 Å². The average molecular weight is 464 g/mol. The first-order valence-corrected chi connectivity index (χ1v) is 11.6. The van der Waals surface area contributed by atoms with Crippen LogP contribution in [-0.2, 0) is 4.74 Å². The van der Waals surface area contributed by atoms with Gasteiger partial charge in [-0.15, -0.1) is 0 Å². The van der Waals surface area contributed by atoms with Crippen LogP contribution in [0.15, 0.2) is 47.2 Å². The van der Waals surface area contributed by atoms with Gasteiger partial charge >= 0.3 is 0 Å². The van der Waals surface area contributed by atoms with E-state index in [1.165, 1.54) is 12.1 Å². The van der Waals surface area contributed by atoms with Crippen molar-refractivity contribution in [2.75, 3.05) is 0 Å². The molecular weight excluding hydrogens is 436 g/mol. The van der Waals surface area contributed by atoms with Crippen LogP contribution in [0.3, 0.4) is 0 Å². The van der Waals surface area contributed by atoms with Crippen LogP contribution in [0.25, 0.3) is 22.3 Å². The number of nitrogens with zero attached hydrogens (tertiary/aromatic N) is 4. The Labute approximate surface area is 197 Å². The maximum atomic E-state index is 14.8. The van der Waals surface area contributed by atoms with E-state index in [0.717, 1.165) is 42.3 Å². The van der Waals surface area contributed by atoms with Crippen molar-refractivity contribution in [1.29, 1.82) is 0 Å². The Morgan fingerprint density at radius 2 is 2.00 bits per heavy atom. The summed E-state index contributed by atoms with van der Waals surface area (Å²) >= 11 is 0. The van der Waals surface area contributed by atoms with Crippen LogP contribution in [0.2, 0.25) is 0 Å². The summed E-state index contributed by atoms with van der Waals surface area (Å²) in [6.07, 6.45) is 8.41. The number of aromatic nitrogens is 3. The van der Waals surface area contributed by atoms with E-state index in [2.05, 4.69) is 15.0 Å². The number of aliphatic imine (C=N–C) groups is 1. The first kappa shape index (κ1) is 22.5. The SMILES string of the molecule is Cc1cnc2c(-c3ccc(F)cc3F)nc(C3CC(C)OC(/C(C=NC4CC4)=C/N)C3)cc2n1. The van der Waals surface area contributed by atoms with Crippen molar-refractivity contribution < 1.29 is 13.5 Å². The maximum Gasteiger partial charge on any atom is 0.135 e. The molecule has 3 unspecified atom stereocenters. The van der Waals surface area contributed by atoms with Gasteiger partial charge in [0.2, 0.25) is 0 Å². The summed E-state index contributed by atoms with van der Waals surface area (Å²) < 4.78 is 34.5. The maximum absolute atomic E-state index is 14.8.